The first-order valence-corrected chi connectivity index (χ1v) is 22.7. The summed E-state index contributed by atoms with van der Waals surface area (Å²) in [5.41, 5.74) is 11.5. The monoisotopic (exact) mass is 701 g/mol. The second-order valence-corrected chi connectivity index (χ2v) is 15.0. The predicted molar refractivity (Wildman–Crippen MR) is 188 cm³/mol. The summed E-state index contributed by atoms with van der Waals surface area (Å²) >= 11 is -0.826. The number of rotatable bonds is 2. The van der Waals surface area contributed by atoms with E-state index in [0.717, 1.165) is 27.0 Å². The predicted octanol–water partition coefficient (Wildman–Crippen LogP) is 11.7. The first-order chi connectivity index (χ1) is 21.7. The van der Waals surface area contributed by atoms with E-state index in [2.05, 4.69) is 145 Å². The molecule has 1 aromatic heterocycles. The molecule has 5 heteroatoms. The Kier molecular flexibility index (Phi) is 11.9. The zero-order valence-electron chi connectivity index (χ0n) is 24.7. The van der Waals surface area contributed by atoms with Gasteiger partial charge in [0.05, 0.1) is 5.52 Å². The van der Waals surface area contributed by atoms with Crippen LogP contribution in [0, 0.1) is 6.07 Å². The van der Waals surface area contributed by atoms with Gasteiger partial charge < -0.3 is 0 Å². The van der Waals surface area contributed by atoms with Crippen LogP contribution in [-0.2, 0) is 27.3 Å². The number of hydrogen-bond acceptors (Lipinski definition) is 1. The van der Waals surface area contributed by atoms with Crippen molar-refractivity contribution in [1.82, 2.24) is 4.98 Å². The molecule has 0 spiro atoms. The van der Waals surface area contributed by atoms with Crippen molar-refractivity contribution in [2.24, 2.45) is 0 Å². The molecule has 0 saturated carbocycles. The molecular weight excluding hydrogens is 673 g/mol. The van der Waals surface area contributed by atoms with Gasteiger partial charge >= 0.3 is 37.9 Å². The fourth-order valence-electron chi connectivity index (χ4n) is 5.50. The topological polar surface area (TPSA) is 12.9 Å². The second-order valence-electron chi connectivity index (χ2n) is 10.3. The molecule has 6 aromatic carbocycles. The Labute approximate surface area is 281 Å². The summed E-state index contributed by atoms with van der Waals surface area (Å²) in [5.74, 6) is 0. The Morgan fingerprint density at radius 3 is 2.23 bits per heavy atom. The molecule has 0 unspecified atom stereocenters. The van der Waals surface area contributed by atoms with Crippen molar-refractivity contribution in [2.45, 2.75) is 19.5 Å². The maximum absolute atomic E-state index is 4.93. The van der Waals surface area contributed by atoms with Crippen LogP contribution in [-0.4, -0.2) is 14.5 Å². The summed E-state index contributed by atoms with van der Waals surface area (Å²) < 4.78 is 0. The molecule has 214 valence electrons. The summed E-state index contributed by atoms with van der Waals surface area (Å²) in [7, 11) is 11.0. The van der Waals surface area contributed by atoms with E-state index in [1.165, 1.54) is 55.1 Å². The van der Waals surface area contributed by atoms with E-state index < -0.39 is 20.8 Å². The third-order valence-corrected chi connectivity index (χ3v) is 7.38. The number of aromatic nitrogens is 1. The van der Waals surface area contributed by atoms with Crippen molar-refractivity contribution < 1.29 is 20.8 Å². The molecule has 0 amide bonds. The molecule has 0 N–H and O–H groups in total. The molecule has 2 radical (unpaired) electrons. The van der Waals surface area contributed by atoms with Gasteiger partial charge in [0.2, 0.25) is 0 Å². The van der Waals surface area contributed by atoms with Crippen molar-refractivity contribution in [2.75, 3.05) is 0 Å². The van der Waals surface area contributed by atoms with Crippen molar-refractivity contribution >= 4 is 48.2 Å². The zero-order valence-corrected chi connectivity index (χ0v) is 29.7. The normalized spacial score (nSPS) is 10.6. The molecular formula is C39H31Cl2NSiZr. The van der Waals surface area contributed by atoms with Crippen LogP contribution in [0.1, 0.15) is 11.1 Å². The molecule has 44 heavy (non-hydrogen) atoms. The van der Waals surface area contributed by atoms with Gasteiger partial charge in [-0.1, -0.05) is 120 Å². The summed E-state index contributed by atoms with van der Waals surface area (Å²) in [6, 6.07) is 50.2. The Hall–Kier alpha value is -3.20. The van der Waals surface area contributed by atoms with Crippen LogP contribution in [0.25, 0.3) is 55.1 Å². The van der Waals surface area contributed by atoms with Crippen LogP contribution in [0.2, 0.25) is 13.1 Å². The number of fused-ring (bicyclic) bond motifs is 5. The van der Waals surface area contributed by atoms with E-state index in [9.17, 15) is 0 Å². The van der Waals surface area contributed by atoms with Gasteiger partial charge in [-0.05, 0) is 24.1 Å². The van der Waals surface area contributed by atoms with E-state index in [0.29, 0.717) is 0 Å². The van der Waals surface area contributed by atoms with E-state index in [1.54, 1.807) is 0 Å². The van der Waals surface area contributed by atoms with Gasteiger partial charge in [0.15, 0.2) is 0 Å². The smallest absolute Gasteiger partial charge is 0.0702 e. The molecule has 0 bridgehead atoms. The maximum Gasteiger partial charge on any atom is 0.0702 e. The fraction of sp³-hybridized carbons (Fsp3) is 0.0769. The molecule has 1 nitrogen and oxygen atoms in total. The van der Waals surface area contributed by atoms with Crippen molar-refractivity contribution in [3.05, 3.63) is 157 Å². The summed E-state index contributed by atoms with van der Waals surface area (Å²) in [5, 5.41) is 3.72. The molecule has 0 aliphatic heterocycles. The minimum atomic E-state index is -0.826. The Bertz CT molecular complexity index is 1910. The first kappa shape index (κ1) is 32.2. The number of pyridine rings is 1. The van der Waals surface area contributed by atoms with Crippen LogP contribution >= 0.6 is 17.0 Å². The SMILES string of the molecule is C[Si]C.[Cl][Zr+2][Cl].[c-]1cccc2c1Cc1ccccc1-2.c1ccc(-c2cc3c(-c4cnc5ccccc5c4)cccc3[cH-]2)cc1. The van der Waals surface area contributed by atoms with Gasteiger partial charge in [-0.25, -0.2) is 0 Å². The number of para-hydroxylation sites is 1. The van der Waals surface area contributed by atoms with Gasteiger partial charge in [-0.3, -0.25) is 4.98 Å². The number of halogens is 2. The van der Waals surface area contributed by atoms with Gasteiger partial charge in [0.25, 0.3) is 0 Å². The van der Waals surface area contributed by atoms with Gasteiger partial charge in [-0.2, -0.15) is 29.8 Å². The van der Waals surface area contributed by atoms with E-state index >= 15 is 0 Å². The van der Waals surface area contributed by atoms with Crippen LogP contribution in [0.5, 0.6) is 0 Å². The van der Waals surface area contributed by atoms with Crippen LogP contribution in [0.4, 0.5) is 0 Å². The summed E-state index contributed by atoms with van der Waals surface area (Å²) in [6.45, 7) is 4.31. The van der Waals surface area contributed by atoms with E-state index in [-0.39, 0.29) is 0 Å². The van der Waals surface area contributed by atoms with Gasteiger partial charge in [0.1, 0.15) is 0 Å². The van der Waals surface area contributed by atoms with Gasteiger partial charge in [-0.15, -0.1) is 40.1 Å². The average Bonchev–Trinajstić information content (AvgIpc) is 3.68. The van der Waals surface area contributed by atoms with Crippen LogP contribution < -0.4 is 0 Å². The first-order valence-electron chi connectivity index (χ1n) is 14.4. The molecule has 0 fully saturated rings. The fourth-order valence-corrected chi connectivity index (χ4v) is 5.50. The van der Waals surface area contributed by atoms with Crippen molar-refractivity contribution in [3.8, 4) is 33.4 Å². The minimum Gasteiger partial charge on any atom is -0.256 e. The van der Waals surface area contributed by atoms with Crippen molar-refractivity contribution in [1.29, 1.82) is 0 Å². The van der Waals surface area contributed by atoms with Crippen molar-refractivity contribution in [3.63, 3.8) is 0 Å². The number of nitrogens with zero attached hydrogens (tertiary/aromatic N) is 1. The minimum absolute atomic E-state index is 0.826. The molecule has 1 aliphatic carbocycles. The summed E-state index contributed by atoms with van der Waals surface area (Å²) in [4.78, 5) is 4.63. The average molecular weight is 704 g/mol. The molecule has 8 rings (SSSR count). The Balaban J connectivity index is 0.000000169. The third kappa shape index (κ3) is 7.71. The Morgan fingerprint density at radius 2 is 1.41 bits per heavy atom. The largest absolute Gasteiger partial charge is 0.256 e. The summed E-state index contributed by atoms with van der Waals surface area (Å²) in [6.07, 6.45) is 3.03. The Morgan fingerprint density at radius 1 is 0.727 bits per heavy atom. The van der Waals surface area contributed by atoms with Crippen LogP contribution in [0.15, 0.2) is 140 Å². The standard InChI is InChI=1S/C24H16N.C13H9.C2H6Si.2ClH.Zr/c1-2-7-17(8-3-1)20-13-18-10-6-11-22(23(18)15-20)21-14-19-9-4-5-12-24(19)25-16-21;1-3-7-12-10(5-1)9-11-6-2-4-8-13(11)12;1-3-2;;;/h1-16H;1-5,7-8H,9H2;1-2H3;2*1H;/q2*-1;;;;+4/p-2. The number of hydrogen-bond donors (Lipinski definition) is 0. The quantitative estimate of drug-likeness (QED) is 0.129. The second kappa shape index (κ2) is 16.2. The van der Waals surface area contributed by atoms with E-state index in [4.69, 9.17) is 17.0 Å². The molecule has 0 saturated heterocycles. The maximum atomic E-state index is 4.93. The van der Waals surface area contributed by atoms with Crippen LogP contribution in [0.3, 0.4) is 0 Å². The molecule has 1 heterocycles. The third-order valence-electron chi connectivity index (χ3n) is 7.38. The van der Waals surface area contributed by atoms with E-state index in [1.807, 2.05) is 18.3 Å². The van der Waals surface area contributed by atoms with Gasteiger partial charge in [0, 0.05) is 21.1 Å². The molecule has 1 aliphatic rings. The molecule has 7 aromatic rings. The zero-order chi connectivity index (χ0) is 30.7. The number of benzene rings is 5. The molecule has 0 atom stereocenters.